The number of nitrogens with one attached hydrogen (secondary N) is 1. The highest BCUT2D eigenvalue weighted by atomic mass is 16.5. The highest BCUT2D eigenvalue weighted by molar-refractivity contribution is 5.69. The predicted molar refractivity (Wildman–Crippen MR) is 67.4 cm³/mol. The SMILES string of the molecule is COc1cc(OC)c2c(c1)OC(C)(C)CCN2. The molecule has 0 saturated carbocycles. The minimum atomic E-state index is -0.185. The van der Waals surface area contributed by atoms with Crippen LogP contribution >= 0.6 is 0 Å². The van der Waals surface area contributed by atoms with Gasteiger partial charge in [-0.1, -0.05) is 0 Å². The summed E-state index contributed by atoms with van der Waals surface area (Å²) in [4.78, 5) is 0. The summed E-state index contributed by atoms with van der Waals surface area (Å²) in [6, 6.07) is 3.74. The second kappa shape index (κ2) is 4.35. The molecule has 0 spiro atoms. The maximum absolute atomic E-state index is 6.01. The van der Waals surface area contributed by atoms with Crippen LogP contribution in [0.2, 0.25) is 0 Å². The fraction of sp³-hybridized carbons (Fsp3) is 0.538. The molecule has 0 unspecified atom stereocenters. The van der Waals surface area contributed by atoms with E-state index in [0.29, 0.717) is 0 Å². The van der Waals surface area contributed by atoms with Crippen molar-refractivity contribution in [2.75, 3.05) is 26.1 Å². The Hall–Kier alpha value is -1.58. The normalized spacial score (nSPS) is 17.2. The lowest BCUT2D eigenvalue weighted by Gasteiger charge is -2.24. The van der Waals surface area contributed by atoms with E-state index in [1.54, 1.807) is 14.2 Å². The molecule has 4 heteroatoms. The molecule has 1 heterocycles. The number of hydrogen-bond donors (Lipinski definition) is 1. The first-order chi connectivity index (χ1) is 8.05. The Labute approximate surface area is 102 Å². The molecule has 1 aliphatic heterocycles. The zero-order chi connectivity index (χ0) is 12.5. The van der Waals surface area contributed by atoms with Crippen LogP contribution in [0.4, 0.5) is 5.69 Å². The molecule has 4 nitrogen and oxygen atoms in total. The Morgan fingerprint density at radius 1 is 1.24 bits per heavy atom. The van der Waals surface area contributed by atoms with Crippen molar-refractivity contribution in [3.8, 4) is 17.2 Å². The standard InChI is InChI=1S/C13H19NO3/c1-13(2)5-6-14-12-10(16-4)7-9(15-3)8-11(12)17-13/h7-8,14H,5-6H2,1-4H3. The third-order valence-corrected chi connectivity index (χ3v) is 2.91. The van der Waals surface area contributed by atoms with Gasteiger partial charge in [0.25, 0.3) is 0 Å². The van der Waals surface area contributed by atoms with Gasteiger partial charge in [0.05, 0.1) is 14.2 Å². The van der Waals surface area contributed by atoms with Gasteiger partial charge in [0.2, 0.25) is 0 Å². The molecule has 17 heavy (non-hydrogen) atoms. The molecule has 1 aromatic carbocycles. The van der Waals surface area contributed by atoms with Crippen LogP contribution in [0, 0.1) is 0 Å². The van der Waals surface area contributed by atoms with Gasteiger partial charge in [-0.25, -0.2) is 0 Å². The Kier molecular flexibility index (Phi) is 3.05. The van der Waals surface area contributed by atoms with Gasteiger partial charge in [-0.15, -0.1) is 0 Å². The van der Waals surface area contributed by atoms with Gasteiger partial charge in [-0.3, -0.25) is 0 Å². The van der Waals surface area contributed by atoms with Crippen LogP contribution in [-0.4, -0.2) is 26.4 Å². The second-order valence-corrected chi connectivity index (χ2v) is 4.74. The number of rotatable bonds is 2. The molecule has 1 aliphatic rings. The minimum Gasteiger partial charge on any atom is -0.496 e. The fourth-order valence-corrected chi connectivity index (χ4v) is 1.94. The highest BCUT2D eigenvalue weighted by Gasteiger charge is 2.26. The lowest BCUT2D eigenvalue weighted by molar-refractivity contribution is 0.108. The molecule has 0 aliphatic carbocycles. The van der Waals surface area contributed by atoms with Crippen LogP contribution in [-0.2, 0) is 0 Å². The smallest absolute Gasteiger partial charge is 0.150 e. The lowest BCUT2D eigenvalue weighted by atomic mass is 10.1. The van der Waals surface area contributed by atoms with Crippen LogP contribution in [0.25, 0.3) is 0 Å². The quantitative estimate of drug-likeness (QED) is 0.858. The highest BCUT2D eigenvalue weighted by Crippen LogP contribution is 2.42. The Morgan fingerprint density at radius 2 is 2.00 bits per heavy atom. The summed E-state index contributed by atoms with van der Waals surface area (Å²) in [5, 5.41) is 3.35. The van der Waals surface area contributed by atoms with Crippen LogP contribution in [0.5, 0.6) is 17.2 Å². The van der Waals surface area contributed by atoms with Crippen molar-refractivity contribution in [2.24, 2.45) is 0 Å². The third-order valence-electron chi connectivity index (χ3n) is 2.91. The van der Waals surface area contributed by atoms with Crippen molar-refractivity contribution in [1.29, 1.82) is 0 Å². The molecule has 2 rings (SSSR count). The molecule has 0 amide bonds. The summed E-state index contributed by atoms with van der Waals surface area (Å²) in [5.74, 6) is 2.26. The maximum Gasteiger partial charge on any atom is 0.150 e. The Morgan fingerprint density at radius 3 is 2.65 bits per heavy atom. The lowest BCUT2D eigenvalue weighted by Crippen LogP contribution is -2.28. The third kappa shape index (κ3) is 2.40. The minimum absolute atomic E-state index is 0.185. The van der Waals surface area contributed by atoms with Crippen molar-refractivity contribution in [1.82, 2.24) is 0 Å². The first-order valence-corrected chi connectivity index (χ1v) is 5.74. The average molecular weight is 237 g/mol. The van der Waals surface area contributed by atoms with E-state index < -0.39 is 0 Å². The van der Waals surface area contributed by atoms with Gasteiger partial charge in [0.15, 0.2) is 5.75 Å². The summed E-state index contributed by atoms with van der Waals surface area (Å²) >= 11 is 0. The molecular formula is C13H19NO3. The summed E-state index contributed by atoms with van der Waals surface area (Å²) in [6.07, 6.45) is 0.938. The first kappa shape index (κ1) is 11.9. The predicted octanol–water partition coefficient (Wildman–Crippen LogP) is 2.68. The average Bonchev–Trinajstić information content (AvgIpc) is 2.44. The van der Waals surface area contributed by atoms with Crippen LogP contribution in [0.15, 0.2) is 12.1 Å². The molecule has 94 valence electrons. The van der Waals surface area contributed by atoms with Crippen LogP contribution < -0.4 is 19.5 Å². The molecule has 0 fully saturated rings. The van der Waals surface area contributed by atoms with E-state index in [1.807, 2.05) is 12.1 Å². The van der Waals surface area contributed by atoms with E-state index in [1.165, 1.54) is 0 Å². The molecule has 0 atom stereocenters. The Bertz CT molecular complexity index is 415. The van der Waals surface area contributed by atoms with Crippen molar-refractivity contribution >= 4 is 5.69 Å². The molecular weight excluding hydrogens is 218 g/mol. The zero-order valence-corrected chi connectivity index (χ0v) is 10.8. The summed E-state index contributed by atoms with van der Waals surface area (Å²) < 4.78 is 16.6. The molecule has 1 N–H and O–H groups in total. The van der Waals surface area contributed by atoms with Crippen molar-refractivity contribution in [2.45, 2.75) is 25.9 Å². The molecule has 0 saturated heterocycles. The number of ether oxygens (including phenoxy) is 3. The first-order valence-electron chi connectivity index (χ1n) is 5.74. The van der Waals surface area contributed by atoms with Crippen molar-refractivity contribution in [3.05, 3.63) is 12.1 Å². The second-order valence-electron chi connectivity index (χ2n) is 4.74. The van der Waals surface area contributed by atoms with E-state index in [9.17, 15) is 0 Å². The van der Waals surface area contributed by atoms with Gasteiger partial charge in [0, 0.05) is 25.1 Å². The van der Waals surface area contributed by atoms with Crippen molar-refractivity contribution in [3.63, 3.8) is 0 Å². The van der Waals surface area contributed by atoms with Gasteiger partial charge >= 0.3 is 0 Å². The molecule has 1 aromatic rings. The Balaban J connectivity index is 2.48. The molecule has 0 aromatic heterocycles. The van der Waals surface area contributed by atoms with E-state index in [4.69, 9.17) is 14.2 Å². The van der Waals surface area contributed by atoms with Gasteiger partial charge in [0.1, 0.15) is 22.8 Å². The number of methoxy groups -OCH3 is 2. The number of anilines is 1. The largest absolute Gasteiger partial charge is 0.496 e. The van der Waals surface area contributed by atoms with E-state index in [0.717, 1.165) is 35.9 Å². The van der Waals surface area contributed by atoms with Crippen LogP contribution in [0.1, 0.15) is 20.3 Å². The van der Waals surface area contributed by atoms with E-state index in [2.05, 4.69) is 19.2 Å². The van der Waals surface area contributed by atoms with Crippen molar-refractivity contribution < 1.29 is 14.2 Å². The van der Waals surface area contributed by atoms with Gasteiger partial charge in [-0.2, -0.15) is 0 Å². The number of benzene rings is 1. The van der Waals surface area contributed by atoms with E-state index >= 15 is 0 Å². The molecule has 0 radical (unpaired) electrons. The molecule has 0 bridgehead atoms. The monoisotopic (exact) mass is 237 g/mol. The van der Waals surface area contributed by atoms with E-state index in [-0.39, 0.29) is 5.60 Å². The van der Waals surface area contributed by atoms with Gasteiger partial charge < -0.3 is 19.5 Å². The number of fused-ring (bicyclic) bond motifs is 1. The summed E-state index contributed by atoms with van der Waals surface area (Å²) in [5.41, 5.74) is 0.717. The topological polar surface area (TPSA) is 39.7 Å². The fourth-order valence-electron chi connectivity index (χ4n) is 1.94. The number of hydrogen-bond acceptors (Lipinski definition) is 4. The van der Waals surface area contributed by atoms with Gasteiger partial charge in [-0.05, 0) is 13.8 Å². The zero-order valence-electron chi connectivity index (χ0n) is 10.8. The van der Waals surface area contributed by atoms with Crippen LogP contribution in [0.3, 0.4) is 0 Å². The summed E-state index contributed by atoms with van der Waals surface area (Å²) in [6.45, 7) is 5.02. The maximum atomic E-state index is 6.01. The summed E-state index contributed by atoms with van der Waals surface area (Å²) in [7, 11) is 3.28.